The number of rotatable bonds is 1. The average Bonchev–Trinajstić information content (AvgIpc) is 2.48. The Kier molecular flexibility index (Phi) is 3.56. The highest BCUT2D eigenvalue weighted by Crippen LogP contribution is 2.34. The molecule has 3 rings (SSSR count). The van der Waals surface area contributed by atoms with Gasteiger partial charge in [-0.2, -0.15) is 5.26 Å². The van der Waals surface area contributed by atoms with Gasteiger partial charge < -0.3 is 5.11 Å². The Hall–Kier alpha value is -1.70. The minimum atomic E-state index is -0.514. The summed E-state index contributed by atoms with van der Waals surface area (Å²) in [5.74, 6) is 0.325. The fourth-order valence-corrected chi connectivity index (χ4v) is 3.34. The molecule has 0 amide bonds. The summed E-state index contributed by atoms with van der Waals surface area (Å²) in [5.41, 5.74) is 2.68. The highest BCUT2D eigenvalue weighted by Gasteiger charge is 2.33. The molecule has 4 heteroatoms. The first-order chi connectivity index (χ1) is 9.69. The second-order valence-corrected chi connectivity index (χ2v) is 5.65. The number of carbonyl (C=O) groups is 1. The number of benzene rings is 1. The first-order valence-electron chi connectivity index (χ1n) is 7.16. The molecular formula is C16H18N2O2. The molecule has 2 unspecified atom stereocenters. The molecule has 0 radical (unpaired) electrons. The number of aliphatic hydroxyl groups excluding tert-OH is 1. The van der Waals surface area contributed by atoms with E-state index in [1.54, 1.807) is 6.07 Å². The zero-order valence-electron chi connectivity index (χ0n) is 11.4. The van der Waals surface area contributed by atoms with E-state index in [9.17, 15) is 9.90 Å². The molecule has 104 valence electrons. The number of nitrogens with zero attached hydrogens (tertiary/aromatic N) is 2. The van der Waals surface area contributed by atoms with Gasteiger partial charge in [0, 0.05) is 32.0 Å². The first kappa shape index (κ1) is 13.3. The second kappa shape index (κ2) is 5.35. The number of piperidine rings is 1. The second-order valence-electron chi connectivity index (χ2n) is 5.65. The number of Topliss-reactive ketones (excluding diaryl/α,β-unsaturated/α-hetero) is 1. The minimum absolute atomic E-state index is 0.100. The number of hydrogen-bond donors (Lipinski definition) is 1. The van der Waals surface area contributed by atoms with E-state index in [4.69, 9.17) is 5.26 Å². The average molecular weight is 270 g/mol. The van der Waals surface area contributed by atoms with Crippen LogP contribution in [0.5, 0.6) is 0 Å². The van der Waals surface area contributed by atoms with E-state index < -0.39 is 6.10 Å². The molecule has 0 bridgehead atoms. The fourth-order valence-electron chi connectivity index (χ4n) is 3.34. The van der Waals surface area contributed by atoms with Gasteiger partial charge in [0.05, 0.1) is 17.7 Å². The van der Waals surface area contributed by atoms with Gasteiger partial charge in [0.25, 0.3) is 0 Å². The van der Waals surface area contributed by atoms with Crippen molar-refractivity contribution in [1.29, 1.82) is 5.26 Å². The summed E-state index contributed by atoms with van der Waals surface area (Å²) in [7, 11) is 0. The van der Waals surface area contributed by atoms with Gasteiger partial charge in [0.15, 0.2) is 0 Å². The number of aliphatic hydroxyl groups is 1. The smallest absolute Gasteiger partial charge is 0.135 e. The zero-order valence-corrected chi connectivity index (χ0v) is 11.4. The molecule has 0 saturated carbocycles. The number of ketones is 1. The molecule has 0 aromatic heterocycles. The van der Waals surface area contributed by atoms with E-state index in [1.807, 2.05) is 12.1 Å². The summed E-state index contributed by atoms with van der Waals surface area (Å²) in [6.45, 7) is 1.51. The Labute approximate surface area is 118 Å². The molecule has 1 heterocycles. The third-order valence-electron chi connectivity index (χ3n) is 4.49. The number of aryl methyl sites for hydroxylation is 1. The van der Waals surface area contributed by atoms with Crippen molar-refractivity contribution < 1.29 is 9.90 Å². The highest BCUT2D eigenvalue weighted by atomic mass is 16.3. The van der Waals surface area contributed by atoms with Gasteiger partial charge in [-0.15, -0.1) is 0 Å². The molecule has 1 aromatic rings. The molecule has 1 aliphatic carbocycles. The van der Waals surface area contributed by atoms with Crippen LogP contribution in [0.1, 0.15) is 42.1 Å². The quantitative estimate of drug-likeness (QED) is 0.841. The minimum Gasteiger partial charge on any atom is -0.387 e. The van der Waals surface area contributed by atoms with Crippen molar-refractivity contribution in [2.45, 2.75) is 37.8 Å². The van der Waals surface area contributed by atoms with Gasteiger partial charge in [-0.1, -0.05) is 6.07 Å². The van der Waals surface area contributed by atoms with Crippen LogP contribution in [-0.4, -0.2) is 34.9 Å². The van der Waals surface area contributed by atoms with Crippen LogP contribution in [0.15, 0.2) is 18.2 Å². The van der Waals surface area contributed by atoms with Crippen molar-refractivity contribution in [2.24, 2.45) is 0 Å². The predicted octanol–water partition coefficient (Wildman–Crippen LogP) is 1.57. The zero-order chi connectivity index (χ0) is 14.1. The monoisotopic (exact) mass is 270 g/mol. The van der Waals surface area contributed by atoms with Gasteiger partial charge in [-0.05, 0) is 36.1 Å². The van der Waals surface area contributed by atoms with Crippen molar-refractivity contribution in [3.63, 3.8) is 0 Å². The number of likely N-dealkylation sites (tertiary alicyclic amines) is 1. The van der Waals surface area contributed by atoms with Crippen LogP contribution < -0.4 is 0 Å². The molecule has 1 aliphatic heterocycles. The molecule has 1 fully saturated rings. The normalized spacial score (nSPS) is 26.9. The summed E-state index contributed by atoms with van der Waals surface area (Å²) in [5, 5.41) is 19.5. The number of nitriles is 1. The maximum atomic E-state index is 11.3. The van der Waals surface area contributed by atoms with E-state index in [0.717, 1.165) is 37.1 Å². The van der Waals surface area contributed by atoms with Gasteiger partial charge >= 0.3 is 0 Å². The summed E-state index contributed by atoms with van der Waals surface area (Å²) < 4.78 is 0. The SMILES string of the molecule is N#Cc1ccc2c(c1)CCC(N1CCC(=O)CC1)C2O. The standard InChI is InChI=1S/C16H18N2O2/c17-10-11-1-3-14-12(9-11)2-4-15(16(14)20)18-7-5-13(19)6-8-18/h1,3,9,15-16,20H,2,4-8H2. The largest absolute Gasteiger partial charge is 0.387 e. The molecule has 2 atom stereocenters. The highest BCUT2D eigenvalue weighted by molar-refractivity contribution is 5.79. The Morgan fingerprint density at radius 2 is 2.00 bits per heavy atom. The van der Waals surface area contributed by atoms with Crippen LogP contribution in [0, 0.1) is 11.3 Å². The molecule has 1 aromatic carbocycles. The Bertz CT molecular complexity index is 566. The van der Waals surface area contributed by atoms with Crippen LogP contribution in [0.4, 0.5) is 0 Å². The maximum Gasteiger partial charge on any atom is 0.135 e. The third-order valence-corrected chi connectivity index (χ3v) is 4.49. The number of hydrogen-bond acceptors (Lipinski definition) is 4. The Morgan fingerprint density at radius 1 is 1.25 bits per heavy atom. The lowest BCUT2D eigenvalue weighted by Gasteiger charge is -2.40. The van der Waals surface area contributed by atoms with Gasteiger partial charge in [-0.3, -0.25) is 9.69 Å². The van der Waals surface area contributed by atoms with Gasteiger partial charge in [0.1, 0.15) is 5.78 Å². The van der Waals surface area contributed by atoms with Crippen molar-refractivity contribution in [1.82, 2.24) is 4.90 Å². The van der Waals surface area contributed by atoms with E-state index >= 15 is 0 Å². The first-order valence-corrected chi connectivity index (χ1v) is 7.16. The van der Waals surface area contributed by atoms with Crippen molar-refractivity contribution >= 4 is 5.78 Å². The fraction of sp³-hybridized carbons (Fsp3) is 0.500. The maximum absolute atomic E-state index is 11.3. The lowest BCUT2D eigenvalue weighted by molar-refractivity contribution is -0.122. The van der Waals surface area contributed by atoms with Crippen LogP contribution in [0.3, 0.4) is 0 Å². The summed E-state index contributed by atoms with van der Waals surface area (Å²) in [6, 6.07) is 7.77. The van der Waals surface area contributed by atoms with Crippen LogP contribution in [0.25, 0.3) is 0 Å². The lowest BCUT2D eigenvalue weighted by atomic mass is 9.83. The van der Waals surface area contributed by atoms with Crippen LogP contribution in [-0.2, 0) is 11.2 Å². The topological polar surface area (TPSA) is 64.3 Å². The van der Waals surface area contributed by atoms with Crippen molar-refractivity contribution in [3.05, 3.63) is 34.9 Å². The number of fused-ring (bicyclic) bond motifs is 1. The molecule has 0 spiro atoms. The molecule has 20 heavy (non-hydrogen) atoms. The molecular weight excluding hydrogens is 252 g/mol. The summed E-state index contributed by atoms with van der Waals surface area (Å²) in [4.78, 5) is 13.6. The van der Waals surface area contributed by atoms with Gasteiger partial charge in [-0.25, -0.2) is 0 Å². The third kappa shape index (κ3) is 2.35. The molecule has 2 aliphatic rings. The van der Waals surface area contributed by atoms with E-state index in [-0.39, 0.29) is 6.04 Å². The summed E-state index contributed by atoms with van der Waals surface area (Å²) in [6.07, 6.45) is 2.46. The van der Waals surface area contributed by atoms with Crippen LogP contribution >= 0.6 is 0 Å². The predicted molar refractivity (Wildman–Crippen MR) is 74.0 cm³/mol. The summed E-state index contributed by atoms with van der Waals surface area (Å²) >= 11 is 0. The molecule has 1 saturated heterocycles. The molecule has 1 N–H and O–H groups in total. The van der Waals surface area contributed by atoms with Gasteiger partial charge in [0.2, 0.25) is 0 Å². The Morgan fingerprint density at radius 3 is 2.70 bits per heavy atom. The van der Waals surface area contributed by atoms with E-state index in [1.165, 1.54) is 0 Å². The lowest BCUT2D eigenvalue weighted by Crippen LogP contribution is -2.46. The van der Waals surface area contributed by atoms with Crippen molar-refractivity contribution in [2.75, 3.05) is 13.1 Å². The van der Waals surface area contributed by atoms with E-state index in [0.29, 0.717) is 24.2 Å². The Balaban J connectivity index is 1.80. The molecule has 4 nitrogen and oxygen atoms in total. The van der Waals surface area contributed by atoms with Crippen LogP contribution in [0.2, 0.25) is 0 Å². The van der Waals surface area contributed by atoms with Crippen molar-refractivity contribution in [3.8, 4) is 6.07 Å². The number of carbonyl (C=O) groups excluding carboxylic acids is 1. The van der Waals surface area contributed by atoms with E-state index in [2.05, 4.69) is 11.0 Å².